The number of para-hydroxylation sites is 1. The molecule has 2 heterocycles. The van der Waals surface area contributed by atoms with E-state index in [1.165, 1.54) is 0 Å². The molecule has 1 aromatic carbocycles. The van der Waals surface area contributed by atoms with Gasteiger partial charge in [-0.2, -0.15) is 4.73 Å². The normalized spacial score (nSPS) is 13.4. The minimum absolute atomic E-state index is 0.0429. The predicted octanol–water partition coefficient (Wildman–Crippen LogP) is 0.597. The van der Waals surface area contributed by atoms with Crippen molar-refractivity contribution >= 4 is 10.9 Å². The average Bonchev–Trinajstić information content (AvgIpc) is 2.18. The average molecular weight is 190 g/mol. The van der Waals surface area contributed by atoms with Gasteiger partial charge in [-0.15, -0.1) is 0 Å². The molecule has 5 nitrogen and oxygen atoms in total. The van der Waals surface area contributed by atoms with E-state index in [2.05, 4.69) is 4.98 Å². The standard InChI is InChI=1S/C9H6N2O3/c12-11-8-6-3-1-2-4-7(6)10-9(11)14-5-13-8/h1-4H,5H2. The number of nitrogens with zero attached hydrogens (tertiary/aromatic N) is 2. The molecule has 1 aliphatic heterocycles. The Bertz CT molecular complexity index is 513. The summed E-state index contributed by atoms with van der Waals surface area (Å²) in [6, 6.07) is 7.32. The van der Waals surface area contributed by atoms with Crippen LogP contribution < -0.4 is 14.2 Å². The van der Waals surface area contributed by atoms with E-state index in [1.807, 2.05) is 12.1 Å². The molecular formula is C9H6N2O3. The van der Waals surface area contributed by atoms with Crippen molar-refractivity contribution in [1.82, 2.24) is 4.98 Å². The number of benzene rings is 1. The fourth-order valence-electron chi connectivity index (χ4n) is 1.46. The van der Waals surface area contributed by atoms with Crippen LogP contribution in [0.5, 0.6) is 11.9 Å². The van der Waals surface area contributed by atoms with Crippen LogP contribution >= 0.6 is 0 Å². The van der Waals surface area contributed by atoms with Gasteiger partial charge in [-0.25, -0.2) is 0 Å². The number of hydrogen-bond acceptors (Lipinski definition) is 4. The number of aromatic nitrogens is 2. The molecule has 5 heteroatoms. The van der Waals surface area contributed by atoms with Gasteiger partial charge in [-0.3, -0.25) is 0 Å². The van der Waals surface area contributed by atoms with Gasteiger partial charge in [0.1, 0.15) is 5.39 Å². The second kappa shape index (κ2) is 2.47. The molecule has 0 radical (unpaired) electrons. The maximum atomic E-state index is 11.5. The quantitative estimate of drug-likeness (QED) is 0.450. The zero-order chi connectivity index (χ0) is 9.54. The van der Waals surface area contributed by atoms with Crippen molar-refractivity contribution in [3.8, 4) is 11.9 Å². The lowest BCUT2D eigenvalue weighted by atomic mass is 10.2. The summed E-state index contributed by atoms with van der Waals surface area (Å²) in [5.41, 5.74) is 0.698. The van der Waals surface area contributed by atoms with Crippen molar-refractivity contribution in [3.05, 3.63) is 29.5 Å². The highest BCUT2D eigenvalue weighted by Crippen LogP contribution is 2.24. The molecule has 0 spiro atoms. The third kappa shape index (κ3) is 0.834. The van der Waals surface area contributed by atoms with Crippen molar-refractivity contribution in [1.29, 1.82) is 0 Å². The second-order valence-electron chi connectivity index (χ2n) is 2.92. The molecule has 1 aromatic heterocycles. The maximum Gasteiger partial charge on any atom is 0.508 e. The summed E-state index contributed by atoms with van der Waals surface area (Å²) in [4.78, 5) is 4.05. The number of ether oxygens (including phenoxy) is 2. The highest BCUT2D eigenvalue weighted by Gasteiger charge is 2.24. The van der Waals surface area contributed by atoms with Gasteiger partial charge < -0.3 is 14.7 Å². The third-order valence-electron chi connectivity index (χ3n) is 2.09. The summed E-state index contributed by atoms with van der Waals surface area (Å²) >= 11 is 0. The molecular weight excluding hydrogens is 184 g/mol. The van der Waals surface area contributed by atoms with E-state index < -0.39 is 0 Å². The lowest BCUT2D eigenvalue weighted by Crippen LogP contribution is -2.38. The van der Waals surface area contributed by atoms with E-state index in [0.717, 1.165) is 0 Å². The third-order valence-corrected chi connectivity index (χ3v) is 2.09. The Balaban J connectivity index is 2.47. The highest BCUT2D eigenvalue weighted by atomic mass is 16.7. The van der Waals surface area contributed by atoms with Gasteiger partial charge in [0.15, 0.2) is 5.52 Å². The SMILES string of the molecule is [O-][n+]1c2nc3ccccc3c1OCO2. The number of fused-ring (bicyclic) bond motifs is 4. The molecule has 0 unspecified atom stereocenters. The number of hydrogen-bond donors (Lipinski definition) is 0. The van der Waals surface area contributed by atoms with Crippen LogP contribution in [0.2, 0.25) is 0 Å². The first kappa shape index (κ1) is 7.37. The predicted molar refractivity (Wildman–Crippen MR) is 46.8 cm³/mol. The van der Waals surface area contributed by atoms with Crippen LogP contribution in [0.1, 0.15) is 0 Å². The Labute approximate surface area is 79.1 Å². The topological polar surface area (TPSA) is 58.3 Å². The van der Waals surface area contributed by atoms with Crippen LogP contribution in [0, 0.1) is 5.21 Å². The van der Waals surface area contributed by atoms with E-state index in [9.17, 15) is 5.21 Å². The molecule has 0 saturated carbocycles. The van der Waals surface area contributed by atoms with Gasteiger partial charge in [0, 0.05) is 0 Å². The Morgan fingerprint density at radius 3 is 3.07 bits per heavy atom. The molecule has 14 heavy (non-hydrogen) atoms. The summed E-state index contributed by atoms with van der Waals surface area (Å²) in [7, 11) is 0. The molecule has 0 amide bonds. The zero-order valence-corrected chi connectivity index (χ0v) is 7.14. The molecule has 3 rings (SSSR count). The minimum atomic E-state index is 0.0429. The molecule has 0 fully saturated rings. The smallest absolute Gasteiger partial charge is 0.508 e. The van der Waals surface area contributed by atoms with Gasteiger partial charge in [-0.1, -0.05) is 12.1 Å². The Morgan fingerprint density at radius 1 is 1.29 bits per heavy atom. The van der Waals surface area contributed by atoms with Gasteiger partial charge in [0.2, 0.25) is 6.79 Å². The van der Waals surface area contributed by atoms with Crippen LogP contribution in [0.15, 0.2) is 24.3 Å². The summed E-state index contributed by atoms with van der Waals surface area (Å²) in [6.07, 6.45) is 0. The first-order valence-electron chi connectivity index (χ1n) is 4.14. The Morgan fingerprint density at radius 2 is 2.14 bits per heavy atom. The fraction of sp³-hybridized carbons (Fsp3) is 0.111. The fourth-order valence-corrected chi connectivity index (χ4v) is 1.46. The number of rotatable bonds is 0. The monoisotopic (exact) mass is 190 g/mol. The van der Waals surface area contributed by atoms with Crippen molar-refractivity contribution < 1.29 is 14.2 Å². The van der Waals surface area contributed by atoms with Crippen LogP contribution in [-0.2, 0) is 0 Å². The minimum Gasteiger partial charge on any atom is -0.706 e. The lowest BCUT2D eigenvalue weighted by molar-refractivity contribution is -0.634. The van der Waals surface area contributed by atoms with Crippen LogP contribution in [0.3, 0.4) is 0 Å². The molecule has 2 bridgehead atoms. The molecule has 0 N–H and O–H groups in total. The van der Waals surface area contributed by atoms with Gasteiger partial charge in [0.25, 0.3) is 0 Å². The van der Waals surface area contributed by atoms with E-state index in [0.29, 0.717) is 15.6 Å². The summed E-state index contributed by atoms with van der Waals surface area (Å²) < 4.78 is 10.6. The molecule has 2 aromatic rings. The molecule has 0 saturated heterocycles. The first-order valence-corrected chi connectivity index (χ1v) is 4.14. The molecule has 70 valence electrons. The van der Waals surface area contributed by atoms with Crippen LogP contribution in [-0.4, -0.2) is 11.8 Å². The van der Waals surface area contributed by atoms with Crippen molar-refractivity contribution in [2.45, 2.75) is 0 Å². The Kier molecular flexibility index (Phi) is 1.30. The van der Waals surface area contributed by atoms with Crippen LogP contribution in [0.25, 0.3) is 10.9 Å². The van der Waals surface area contributed by atoms with Gasteiger partial charge in [0.05, 0.1) is 0 Å². The molecule has 0 atom stereocenters. The molecule has 1 aliphatic rings. The summed E-state index contributed by atoms with van der Waals surface area (Å²) in [5.74, 6) is 0.261. The zero-order valence-electron chi connectivity index (χ0n) is 7.14. The highest BCUT2D eigenvalue weighted by molar-refractivity contribution is 5.82. The van der Waals surface area contributed by atoms with Gasteiger partial charge >= 0.3 is 11.9 Å². The Hall–Kier alpha value is -2.04. The molecule has 0 aliphatic carbocycles. The second-order valence-corrected chi connectivity index (χ2v) is 2.92. The van der Waals surface area contributed by atoms with E-state index >= 15 is 0 Å². The van der Waals surface area contributed by atoms with E-state index in [4.69, 9.17) is 9.47 Å². The van der Waals surface area contributed by atoms with E-state index in [1.54, 1.807) is 12.1 Å². The van der Waals surface area contributed by atoms with E-state index in [-0.39, 0.29) is 18.7 Å². The summed E-state index contributed by atoms with van der Waals surface area (Å²) in [5, 5.41) is 12.2. The van der Waals surface area contributed by atoms with Crippen molar-refractivity contribution in [2.75, 3.05) is 6.79 Å². The lowest BCUT2D eigenvalue weighted by Gasteiger charge is -2.17. The first-order chi connectivity index (χ1) is 6.86. The van der Waals surface area contributed by atoms with Crippen molar-refractivity contribution in [2.24, 2.45) is 0 Å². The largest absolute Gasteiger partial charge is 0.706 e. The summed E-state index contributed by atoms with van der Waals surface area (Å²) in [6.45, 7) is 0.0429. The maximum absolute atomic E-state index is 11.5. The van der Waals surface area contributed by atoms with Crippen LogP contribution in [0.4, 0.5) is 0 Å². The van der Waals surface area contributed by atoms with Crippen molar-refractivity contribution in [3.63, 3.8) is 0 Å². The van der Waals surface area contributed by atoms with Gasteiger partial charge in [-0.05, 0) is 17.1 Å².